The van der Waals surface area contributed by atoms with E-state index in [2.05, 4.69) is 25.0 Å². The molecule has 5 aromatic rings. The highest BCUT2D eigenvalue weighted by Gasteiger charge is 2.49. The standard InChI is InChI=1S/C27H24F4N6O2S/c1-13-8-14-10-33-36(2)21(14)18(19(13)27(29,30)31)20-22-16(4-6-32-20)17-23(38)34-25(35-24(17)40-22)39-12-26-5-3-7-37(26)11-15(28)9-26/h4,6,8,10,15H,3,5,7,9,11-12H2,1-2H3,(H,34,35,38)/t15-,26+/m1/s1. The number of aryl methyl sites for hydroxylation is 2. The number of nitrogens with one attached hydrogen (secondary N) is 1. The average molecular weight is 573 g/mol. The number of thiophene rings is 1. The lowest BCUT2D eigenvalue weighted by molar-refractivity contribution is -0.137. The van der Waals surface area contributed by atoms with Crippen molar-refractivity contribution < 1.29 is 22.3 Å². The maximum absolute atomic E-state index is 14.4. The molecule has 7 rings (SSSR count). The second-order valence-electron chi connectivity index (χ2n) is 10.7. The molecule has 2 fully saturated rings. The van der Waals surface area contributed by atoms with Gasteiger partial charge in [-0.15, -0.1) is 11.3 Å². The fourth-order valence-electron chi connectivity index (χ4n) is 6.57. The van der Waals surface area contributed by atoms with Crippen LogP contribution in [0.4, 0.5) is 17.6 Å². The number of fused-ring (bicyclic) bond motifs is 5. The molecule has 0 aliphatic carbocycles. The fraction of sp³-hybridized carbons (Fsp3) is 0.407. The van der Waals surface area contributed by atoms with Gasteiger partial charge in [0.1, 0.15) is 17.6 Å². The number of nitrogens with zero attached hydrogens (tertiary/aromatic N) is 5. The molecular weight excluding hydrogens is 548 g/mol. The Morgan fingerprint density at radius 3 is 2.95 bits per heavy atom. The molecule has 8 nitrogen and oxygen atoms in total. The number of benzene rings is 1. The third kappa shape index (κ3) is 3.74. The van der Waals surface area contributed by atoms with E-state index in [1.165, 1.54) is 30.1 Å². The second-order valence-corrected chi connectivity index (χ2v) is 11.7. The Bertz CT molecular complexity index is 1880. The number of aromatic amines is 1. The zero-order valence-electron chi connectivity index (χ0n) is 21.6. The van der Waals surface area contributed by atoms with Gasteiger partial charge in [-0.05, 0) is 44.0 Å². The first-order valence-corrected chi connectivity index (χ1v) is 13.7. The van der Waals surface area contributed by atoms with Crippen LogP contribution in [0.3, 0.4) is 0 Å². The quantitative estimate of drug-likeness (QED) is 0.292. The Kier molecular flexibility index (Phi) is 5.53. The molecule has 0 bridgehead atoms. The molecule has 13 heteroatoms. The SMILES string of the molecule is Cc1cc2cnn(C)c2c(-c2nccc3c2sc2nc(OC[C@@]45CCCN4C[C@H](F)C5)[nH]c(=O)c23)c1C(F)(F)F. The van der Waals surface area contributed by atoms with Crippen molar-refractivity contribution in [3.05, 3.63) is 46.0 Å². The van der Waals surface area contributed by atoms with Crippen molar-refractivity contribution in [2.75, 3.05) is 19.7 Å². The van der Waals surface area contributed by atoms with E-state index in [4.69, 9.17) is 4.74 Å². The number of hydrogen-bond acceptors (Lipinski definition) is 7. The van der Waals surface area contributed by atoms with Crippen molar-refractivity contribution in [2.24, 2.45) is 7.05 Å². The summed E-state index contributed by atoms with van der Waals surface area (Å²) in [6, 6.07) is 3.08. The first-order chi connectivity index (χ1) is 19.1. The summed E-state index contributed by atoms with van der Waals surface area (Å²) in [6.45, 7) is 2.79. The maximum atomic E-state index is 14.4. The van der Waals surface area contributed by atoms with Crippen LogP contribution in [0.5, 0.6) is 6.01 Å². The second kappa shape index (κ2) is 8.71. The monoisotopic (exact) mass is 572 g/mol. The molecule has 6 heterocycles. The molecule has 4 aromatic heterocycles. The van der Waals surface area contributed by atoms with Crippen LogP contribution in [0.2, 0.25) is 0 Å². The van der Waals surface area contributed by atoms with Gasteiger partial charge in [0.05, 0.1) is 38.6 Å². The van der Waals surface area contributed by atoms with Crippen LogP contribution in [0.25, 0.3) is 42.5 Å². The summed E-state index contributed by atoms with van der Waals surface area (Å²) in [5, 5.41) is 5.45. The topological polar surface area (TPSA) is 88.9 Å². The van der Waals surface area contributed by atoms with Gasteiger partial charge < -0.3 is 4.74 Å². The van der Waals surface area contributed by atoms with E-state index in [9.17, 15) is 22.4 Å². The summed E-state index contributed by atoms with van der Waals surface area (Å²) in [4.78, 5) is 27.3. The van der Waals surface area contributed by atoms with Crippen LogP contribution in [0.15, 0.2) is 29.3 Å². The molecule has 2 aliphatic heterocycles. The summed E-state index contributed by atoms with van der Waals surface area (Å²) >= 11 is 1.09. The minimum Gasteiger partial charge on any atom is -0.463 e. The number of rotatable bonds is 4. The zero-order valence-corrected chi connectivity index (χ0v) is 22.4. The number of ether oxygens (including phenoxy) is 1. The molecule has 0 spiro atoms. The molecule has 40 heavy (non-hydrogen) atoms. The van der Waals surface area contributed by atoms with Gasteiger partial charge in [0, 0.05) is 42.5 Å². The predicted molar refractivity (Wildman–Crippen MR) is 144 cm³/mol. The molecule has 1 aromatic carbocycles. The Balaban J connectivity index is 1.38. The molecule has 1 N–H and O–H groups in total. The van der Waals surface area contributed by atoms with E-state index in [0.717, 1.165) is 30.7 Å². The molecule has 208 valence electrons. The molecule has 2 saturated heterocycles. The van der Waals surface area contributed by atoms with Crippen LogP contribution >= 0.6 is 11.3 Å². The zero-order chi connectivity index (χ0) is 28.0. The molecule has 0 amide bonds. The van der Waals surface area contributed by atoms with Crippen LogP contribution in [-0.2, 0) is 13.2 Å². The van der Waals surface area contributed by atoms with Crippen molar-refractivity contribution in [2.45, 2.75) is 44.1 Å². The van der Waals surface area contributed by atoms with Crippen molar-refractivity contribution in [1.82, 2.24) is 29.6 Å². The normalized spacial score (nSPS) is 21.7. The van der Waals surface area contributed by atoms with Gasteiger partial charge in [0.2, 0.25) is 0 Å². The van der Waals surface area contributed by atoms with Crippen molar-refractivity contribution in [1.29, 1.82) is 0 Å². The van der Waals surface area contributed by atoms with E-state index >= 15 is 0 Å². The number of pyridine rings is 1. The highest BCUT2D eigenvalue weighted by atomic mass is 32.1. The third-order valence-corrected chi connectivity index (χ3v) is 9.32. The molecule has 0 saturated carbocycles. The summed E-state index contributed by atoms with van der Waals surface area (Å²) < 4.78 is 65.3. The smallest absolute Gasteiger partial charge is 0.417 e. The highest BCUT2D eigenvalue weighted by molar-refractivity contribution is 7.26. The Hall–Kier alpha value is -3.58. The Morgan fingerprint density at radius 1 is 1.32 bits per heavy atom. The number of hydrogen-bond donors (Lipinski definition) is 1. The first kappa shape index (κ1) is 25.4. The summed E-state index contributed by atoms with van der Waals surface area (Å²) in [5.74, 6) is 0. The van der Waals surface area contributed by atoms with Crippen molar-refractivity contribution in [3.63, 3.8) is 0 Å². The molecule has 2 aliphatic rings. The largest absolute Gasteiger partial charge is 0.463 e. The number of H-pyrrole nitrogens is 1. The lowest BCUT2D eigenvalue weighted by Crippen LogP contribution is -2.43. The minimum absolute atomic E-state index is 0.00246. The van der Waals surface area contributed by atoms with Gasteiger partial charge in [0.25, 0.3) is 11.6 Å². The number of aromatic nitrogens is 5. The van der Waals surface area contributed by atoms with Crippen molar-refractivity contribution in [3.8, 4) is 17.3 Å². The van der Waals surface area contributed by atoms with E-state index in [1.807, 2.05) is 0 Å². The lowest BCUT2D eigenvalue weighted by atomic mass is 9.95. The van der Waals surface area contributed by atoms with E-state index in [1.54, 1.807) is 13.1 Å². The van der Waals surface area contributed by atoms with Gasteiger partial charge in [-0.2, -0.15) is 23.3 Å². The predicted octanol–water partition coefficient (Wildman–Crippen LogP) is 5.37. The van der Waals surface area contributed by atoms with Crippen LogP contribution < -0.4 is 10.3 Å². The summed E-state index contributed by atoms with van der Waals surface area (Å²) in [7, 11) is 1.59. The van der Waals surface area contributed by atoms with Gasteiger partial charge in [-0.1, -0.05) is 0 Å². The summed E-state index contributed by atoms with van der Waals surface area (Å²) in [5.41, 5.74) is -1.32. The van der Waals surface area contributed by atoms with E-state index in [-0.39, 0.29) is 34.8 Å². The fourth-order valence-corrected chi connectivity index (χ4v) is 7.73. The van der Waals surface area contributed by atoms with Crippen LogP contribution in [-0.4, -0.2) is 61.0 Å². The maximum Gasteiger partial charge on any atom is 0.417 e. The first-order valence-electron chi connectivity index (χ1n) is 12.9. The average Bonchev–Trinajstić information content (AvgIpc) is 3.62. The molecule has 0 radical (unpaired) electrons. The lowest BCUT2D eigenvalue weighted by Gasteiger charge is -2.30. The van der Waals surface area contributed by atoms with Gasteiger partial charge >= 0.3 is 6.18 Å². The summed E-state index contributed by atoms with van der Waals surface area (Å²) in [6.07, 6.45) is -0.514. The van der Waals surface area contributed by atoms with Gasteiger partial charge in [0.15, 0.2) is 0 Å². The van der Waals surface area contributed by atoms with Gasteiger partial charge in [-0.25, -0.2) is 4.39 Å². The van der Waals surface area contributed by atoms with Crippen LogP contribution in [0.1, 0.15) is 30.4 Å². The van der Waals surface area contributed by atoms with Gasteiger partial charge in [-0.3, -0.25) is 24.3 Å². The number of alkyl halides is 4. The molecule has 2 atom stereocenters. The Labute approximate surface area is 228 Å². The Morgan fingerprint density at radius 2 is 2.15 bits per heavy atom. The van der Waals surface area contributed by atoms with Crippen LogP contribution in [0, 0.1) is 6.92 Å². The van der Waals surface area contributed by atoms with E-state index in [0.29, 0.717) is 38.8 Å². The minimum atomic E-state index is -4.65. The molecule has 0 unspecified atom stereocenters. The highest BCUT2D eigenvalue weighted by Crippen LogP contribution is 2.46. The van der Waals surface area contributed by atoms with Crippen molar-refractivity contribution >= 4 is 42.5 Å². The number of halogens is 4. The molecular formula is C27H24F4N6O2S. The van der Waals surface area contributed by atoms with E-state index < -0.39 is 29.0 Å². The third-order valence-electron chi connectivity index (χ3n) is 8.22.